The lowest BCUT2D eigenvalue weighted by Gasteiger charge is -2.26. The SMILES string of the molecule is [O-]/[N+](=C\c1ccc(Cl)cc1C#CC1(O)CCCCC1)c1cccc(C(F)(F)F)c1. The maximum atomic E-state index is 12.9. The molecular weight excluding hydrogens is 403 g/mol. The van der Waals surface area contributed by atoms with Gasteiger partial charge in [-0.1, -0.05) is 35.9 Å². The van der Waals surface area contributed by atoms with Gasteiger partial charge in [-0.3, -0.25) is 0 Å². The summed E-state index contributed by atoms with van der Waals surface area (Å²) in [6, 6.07) is 8.86. The average Bonchev–Trinajstić information content (AvgIpc) is 2.68. The van der Waals surface area contributed by atoms with Crippen LogP contribution in [0.4, 0.5) is 18.9 Å². The molecule has 0 heterocycles. The van der Waals surface area contributed by atoms with Gasteiger partial charge in [0.05, 0.1) is 11.1 Å². The van der Waals surface area contributed by atoms with Gasteiger partial charge in [-0.15, -0.1) is 0 Å². The van der Waals surface area contributed by atoms with Crippen molar-refractivity contribution < 1.29 is 23.0 Å². The van der Waals surface area contributed by atoms with Gasteiger partial charge in [-0.25, -0.2) is 0 Å². The van der Waals surface area contributed by atoms with Gasteiger partial charge < -0.3 is 10.3 Å². The highest BCUT2D eigenvalue weighted by Crippen LogP contribution is 2.31. The van der Waals surface area contributed by atoms with E-state index >= 15 is 0 Å². The smallest absolute Gasteiger partial charge is 0.416 e. The minimum Gasteiger partial charge on any atom is -0.618 e. The summed E-state index contributed by atoms with van der Waals surface area (Å²) >= 11 is 6.04. The Labute approximate surface area is 172 Å². The molecule has 0 radical (unpaired) electrons. The zero-order chi connectivity index (χ0) is 21.1. The van der Waals surface area contributed by atoms with Crippen molar-refractivity contribution in [3.63, 3.8) is 0 Å². The molecule has 0 saturated heterocycles. The zero-order valence-corrected chi connectivity index (χ0v) is 16.2. The van der Waals surface area contributed by atoms with Crippen molar-refractivity contribution in [3.8, 4) is 11.8 Å². The molecule has 0 atom stereocenters. The van der Waals surface area contributed by atoms with E-state index in [0.717, 1.165) is 37.6 Å². The molecule has 0 amide bonds. The number of halogens is 4. The van der Waals surface area contributed by atoms with Crippen molar-refractivity contribution in [1.82, 2.24) is 0 Å². The molecule has 0 aromatic heterocycles. The van der Waals surface area contributed by atoms with E-state index in [2.05, 4.69) is 11.8 Å². The van der Waals surface area contributed by atoms with Crippen LogP contribution in [0, 0.1) is 17.0 Å². The average molecular weight is 422 g/mol. The Kier molecular flexibility index (Phi) is 6.21. The molecule has 152 valence electrons. The molecule has 2 aromatic carbocycles. The monoisotopic (exact) mass is 421 g/mol. The molecule has 1 saturated carbocycles. The molecule has 0 spiro atoms. The summed E-state index contributed by atoms with van der Waals surface area (Å²) in [6.07, 6.45) is 0.620. The van der Waals surface area contributed by atoms with Crippen LogP contribution in [0.5, 0.6) is 0 Å². The van der Waals surface area contributed by atoms with E-state index < -0.39 is 17.3 Å². The Balaban J connectivity index is 1.96. The van der Waals surface area contributed by atoms with E-state index in [1.54, 1.807) is 18.2 Å². The summed E-state index contributed by atoms with van der Waals surface area (Å²) in [5.74, 6) is 5.78. The molecule has 3 rings (SSSR count). The summed E-state index contributed by atoms with van der Waals surface area (Å²) in [5, 5.41) is 23.4. The van der Waals surface area contributed by atoms with E-state index in [-0.39, 0.29) is 5.69 Å². The molecule has 1 aliphatic rings. The highest BCUT2D eigenvalue weighted by molar-refractivity contribution is 6.30. The molecule has 1 fully saturated rings. The minimum atomic E-state index is -4.54. The third-order valence-corrected chi connectivity index (χ3v) is 5.05. The number of alkyl halides is 3. The normalized spacial score (nSPS) is 16.8. The Morgan fingerprint density at radius 3 is 2.52 bits per heavy atom. The first-order chi connectivity index (χ1) is 13.7. The lowest BCUT2D eigenvalue weighted by molar-refractivity contribution is -0.354. The second kappa shape index (κ2) is 8.48. The summed E-state index contributed by atoms with van der Waals surface area (Å²) in [5.41, 5.74) is -1.31. The van der Waals surface area contributed by atoms with Crippen LogP contribution in [-0.4, -0.2) is 21.7 Å². The maximum Gasteiger partial charge on any atom is 0.416 e. The molecule has 0 bridgehead atoms. The zero-order valence-electron chi connectivity index (χ0n) is 15.5. The second-order valence-corrected chi connectivity index (χ2v) is 7.51. The van der Waals surface area contributed by atoms with Crippen LogP contribution in [0.1, 0.15) is 48.8 Å². The molecule has 1 N–H and O–H groups in total. The Bertz CT molecular complexity index is 984. The summed E-state index contributed by atoms with van der Waals surface area (Å²) < 4.78 is 39.0. The van der Waals surface area contributed by atoms with Crippen LogP contribution in [-0.2, 0) is 6.18 Å². The van der Waals surface area contributed by atoms with Crippen molar-refractivity contribution in [3.05, 3.63) is 69.4 Å². The summed E-state index contributed by atoms with van der Waals surface area (Å²) in [6.45, 7) is 0. The fourth-order valence-corrected chi connectivity index (χ4v) is 3.39. The van der Waals surface area contributed by atoms with Crippen molar-refractivity contribution in [2.24, 2.45) is 0 Å². The van der Waals surface area contributed by atoms with Gasteiger partial charge in [0.1, 0.15) is 5.60 Å². The van der Waals surface area contributed by atoms with Crippen molar-refractivity contribution in [2.45, 2.75) is 43.9 Å². The van der Waals surface area contributed by atoms with E-state index in [1.807, 2.05) is 0 Å². The maximum absolute atomic E-state index is 12.9. The van der Waals surface area contributed by atoms with E-state index in [9.17, 15) is 23.5 Å². The standard InChI is InChI=1S/C22H19ClF3NO2/c23-19-8-7-17(16(13-19)9-12-21(28)10-2-1-3-11-21)15-27(29)20-6-4-5-18(14-20)22(24,25)26/h4-8,13-15,28H,1-3,10-11H2/b27-15-. The predicted molar refractivity (Wildman–Crippen MR) is 106 cm³/mol. The van der Waals surface area contributed by atoms with Gasteiger partial charge in [0.2, 0.25) is 5.69 Å². The Hall–Kier alpha value is -2.49. The minimum absolute atomic E-state index is 0.153. The van der Waals surface area contributed by atoms with Crippen molar-refractivity contribution in [1.29, 1.82) is 0 Å². The number of hydrogen-bond donors (Lipinski definition) is 1. The highest BCUT2D eigenvalue weighted by Gasteiger charge is 2.31. The number of aliphatic hydroxyl groups is 1. The molecule has 0 unspecified atom stereocenters. The van der Waals surface area contributed by atoms with Crippen LogP contribution < -0.4 is 0 Å². The quantitative estimate of drug-likeness (QED) is 0.223. The van der Waals surface area contributed by atoms with Gasteiger partial charge in [0, 0.05) is 22.7 Å². The third kappa shape index (κ3) is 5.53. The molecule has 3 nitrogen and oxygen atoms in total. The lowest BCUT2D eigenvalue weighted by Crippen LogP contribution is -2.29. The van der Waals surface area contributed by atoms with Gasteiger partial charge in [-0.2, -0.15) is 17.9 Å². The lowest BCUT2D eigenvalue weighted by atomic mass is 9.85. The third-order valence-electron chi connectivity index (χ3n) is 4.81. The topological polar surface area (TPSA) is 46.3 Å². The molecule has 0 aliphatic heterocycles. The first-order valence-corrected chi connectivity index (χ1v) is 9.58. The van der Waals surface area contributed by atoms with Crippen LogP contribution in [0.3, 0.4) is 0 Å². The second-order valence-electron chi connectivity index (χ2n) is 7.08. The van der Waals surface area contributed by atoms with Gasteiger partial charge >= 0.3 is 6.18 Å². The number of benzene rings is 2. The summed E-state index contributed by atoms with van der Waals surface area (Å²) in [4.78, 5) is 0. The Morgan fingerprint density at radius 1 is 1.10 bits per heavy atom. The van der Waals surface area contributed by atoms with Crippen LogP contribution in [0.2, 0.25) is 5.02 Å². The summed E-state index contributed by atoms with van der Waals surface area (Å²) in [7, 11) is 0. The first kappa shape index (κ1) is 21.2. The fraction of sp³-hybridized carbons (Fsp3) is 0.318. The first-order valence-electron chi connectivity index (χ1n) is 9.20. The van der Waals surface area contributed by atoms with Gasteiger partial charge in [-0.05, 0) is 49.9 Å². The number of rotatable bonds is 2. The van der Waals surface area contributed by atoms with Crippen molar-refractivity contribution >= 4 is 23.5 Å². The van der Waals surface area contributed by atoms with Crippen LogP contribution >= 0.6 is 11.6 Å². The predicted octanol–water partition coefficient (Wildman–Crippen LogP) is 5.67. The van der Waals surface area contributed by atoms with E-state index in [0.29, 0.717) is 33.7 Å². The molecule has 2 aromatic rings. The van der Waals surface area contributed by atoms with Gasteiger partial charge in [0.25, 0.3) is 0 Å². The number of nitrogens with zero attached hydrogens (tertiary/aromatic N) is 1. The molecule has 1 aliphatic carbocycles. The fourth-order valence-electron chi connectivity index (χ4n) is 3.21. The molecule has 7 heteroatoms. The van der Waals surface area contributed by atoms with Crippen LogP contribution in [0.25, 0.3) is 0 Å². The largest absolute Gasteiger partial charge is 0.618 e. The number of hydrogen-bond acceptors (Lipinski definition) is 2. The van der Waals surface area contributed by atoms with E-state index in [1.165, 1.54) is 12.1 Å². The molecule has 29 heavy (non-hydrogen) atoms. The highest BCUT2D eigenvalue weighted by atomic mass is 35.5. The Morgan fingerprint density at radius 2 is 1.83 bits per heavy atom. The van der Waals surface area contributed by atoms with Crippen molar-refractivity contribution in [2.75, 3.05) is 0 Å². The molecular formula is C22H19ClF3NO2. The van der Waals surface area contributed by atoms with Crippen LogP contribution in [0.15, 0.2) is 42.5 Å². The van der Waals surface area contributed by atoms with E-state index in [4.69, 9.17) is 11.6 Å². The van der Waals surface area contributed by atoms with Gasteiger partial charge in [0.15, 0.2) is 6.21 Å².